The molecule has 2 aromatic rings. The van der Waals surface area contributed by atoms with Gasteiger partial charge in [0.1, 0.15) is 10.8 Å². The zero-order valence-electron chi connectivity index (χ0n) is 11.3. The highest BCUT2D eigenvalue weighted by molar-refractivity contribution is 7.15. The van der Waals surface area contributed by atoms with E-state index in [4.69, 9.17) is 22.1 Å². The molecule has 0 bridgehead atoms. The quantitative estimate of drug-likeness (QED) is 0.922. The summed E-state index contributed by atoms with van der Waals surface area (Å²) < 4.78 is 5.33. The van der Waals surface area contributed by atoms with Crippen molar-refractivity contribution in [1.82, 2.24) is 4.98 Å². The number of ketones is 1. The number of carbonyl (C=O) groups is 1. The Kier molecular flexibility index (Phi) is 4.75. The highest BCUT2D eigenvalue weighted by atomic mass is 35.5. The number of thiazole rings is 1. The second-order valence-electron chi connectivity index (χ2n) is 4.29. The fourth-order valence-corrected chi connectivity index (χ4v) is 3.08. The highest BCUT2D eigenvalue weighted by Gasteiger charge is 2.15. The summed E-state index contributed by atoms with van der Waals surface area (Å²) in [7, 11) is 1.59. The van der Waals surface area contributed by atoms with Gasteiger partial charge in [0.05, 0.1) is 24.9 Å². The Bertz CT molecular complexity index is 640. The lowest BCUT2D eigenvalue weighted by Crippen LogP contribution is -2.15. The van der Waals surface area contributed by atoms with Crippen LogP contribution in [0.2, 0.25) is 5.02 Å². The minimum absolute atomic E-state index is 0.00590. The van der Waals surface area contributed by atoms with E-state index in [1.165, 1.54) is 11.3 Å². The van der Waals surface area contributed by atoms with Crippen molar-refractivity contribution in [3.63, 3.8) is 0 Å². The van der Waals surface area contributed by atoms with Crippen LogP contribution in [0.1, 0.15) is 10.6 Å². The van der Waals surface area contributed by atoms with Gasteiger partial charge < -0.3 is 10.5 Å². The van der Waals surface area contributed by atoms with E-state index in [-0.39, 0.29) is 12.3 Å². The van der Waals surface area contributed by atoms with Crippen LogP contribution >= 0.6 is 22.9 Å². The van der Waals surface area contributed by atoms with E-state index >= 15 is 0 Å². The Morgan fingerprint density at radius 3 is 2.90 bits per heavy atom. The maximum absolute atomic E-state index is 11.5. The minimum atomic E-state index is 0.00590. The van der Waals surface area contributed by atoms with E-state index in [1.54, 1.807) is 19.2 Å². The number of aromatic nitrogens is 1. The average Bonchev–Trinajstić information content (AvgIpc) is 2.79. The van der Waals surface area contributed by atoms with Gasteiger partial charge in [-0.05, 0) is 25.1 Å². The number of hydrogen-bond acceptors (Lipinski definition) is 5. The van der Waals surface area contributed by atoms with Gasteiger partial charge in [0.25, 0.3) is 0 Å². The van der Waals surface area contributed by atoms with Crippen molar-refractivity contribution in [3.8, 4) is 16.3 Å². The van der Waals surface area contributed by atoms with Gasteiger partial charge >= 0.3 is 0 Å². The number of nitrogens with zero attached hydrogens (tertiary/aromatic N) is 1. The second-order valence-corrected chi connectivity index (χ2v) is 5.81. The molecule has 0 amide bonds. The first-order chi connectivity index (χ1) is 9.55. The Morgan fingerprint density at radius 2 is 2.25 bits per heavy atom. The number of carbonyl (C=O) groups excluding carboxylic acids is 1. The van der Waals surface area contributed by atoms with Crippen molar-refractivity contribution < 1.29 is 9.53 Å². The third-order valence-corrected chi connectivity index (χ3v) is 4.30. The molecule has 6 heteroatoms. The number of Topliss-reactive ketones (excluding diaryl/α,β-unsaturated/α-hetero) is 1. The van der Waals surface area contributed by atoms with Crippen LogP contribution < -0.4 is 10.5 Å². The Labute approximate surface area is 126 Å². The number of methoxy groups -OCH3 is 1. The molecule has 1 aromatic heterocycles. The van der Waals surface area contributed by atoms with Crippen LogP contribution in [-0.2, 0) is 11.2 Å². The first-order valence-electron chi connectivity index (χ1n) is 6.07. The number of nitrogens with two attached hydrogens (primary N) is 1. The molecule has 106 valence electrons. The largest absolute Gasteiger partial charge is 0.496 e. The van der Waals surface area contributed by atoms with Gasteiger partial charge in [-0.25, -0.2) is 4.98 Å². The molecule has 4 nitrogen and oxygen atoms in total. The summed E-state index contributed by atoms with van der Waals surface area (Å²) in [6, 6.07) is 5.41. The maximum atomic E-state index is 11.5. The van der Waals surface area contributed by atoms with Crippen LogP contribution in [0.5, 0.6) is 5.75 Å². The van der Waals surface area contributed by atoms with Gasteiger partial charge in [0, 0.05) is 16.3 Å². The van der Waals surface area contributed by atoms with Crippen molar-refractivity contribution in [2.24, 2.45) is 5.73 Å². The average molecular weight is 311 g/mol. The van der Waals surface area contributed by atoms with Crippen LogP contribution in [0.4, 0.5) is 0 Å². The normalized spacial score (nSPS) is 10.6. The van der Waals surface area contributed by atoms with Gasteiger partial charge in [-0.2, -0.15) is 0 Å². The summed E-state index contributed by atoms with van der Waals surface area (Å²) in [6.45, 7) is 1.94. The molecule has 0 aliphatic rings. The van der Waals surface area contributed by atoms with Gasteiger partial charge in [0.2, 0.25) is 0 Å². The minimum Gasteiger partial charge on any atom is -0.496 e. The molecule has 2 N–H and O–H groups in total. The van der Waals surface area contributed by atoms with Crippen LogP contribution in [0, 0.1) is 6.92 Å². The molecule has 1 aromatic carbocycles. The lowest BCUT2D eigenvalue weighted by Gasteiger charge is -2.05. The van der Waals surface area contributed by atoms with Crippen LogP contribution in [0.3, 0.4) is 0 Å². The third kappa shape index (κ3) is 3.17. The van der Waals surface area contributed by atoms with Crippen molar-refractivity contribution in [1.29, 1.82) is 0 Å². The molecular formula is C14H15ClN2O2S. The third-order valence-electron chi connectivity index (χ3n) is 2.87. The smallest absolute Gasteiger partial charge is 0.151 e. The molecule has 0 spiro atoms. The van der Waals surface area contributed by atoms with Crippen molar-refractivity contribution in [2.75, 3.05) is 13.7 Å². The Morgan fingerprint density at radius 1 is 1.50 bits per heavy atom. The van der Waals surface area contributed by atoms with Crippen LogP contribution in [-0.4, -0.2) is 24.4 Å². The molecule has 0 radical (unpaired) electrons. The van der Waals surface area contributed by atoms with Crippen LogP contribution in [0.15, 0.2) is 18.2 Å². The molecule has 1 heterocycles. The fraction of sp³-hybridized carbons (Fsp3) is 0.286. The SMILES string of the molecule is COc1cc(Cl)ccc1-c1nc(C)c(CC(=O)CN)s1. The van der Waals surface area contributed by atoms with E-state index in [0.29, 0.717) is 17.2 Å². The number of benzene rings is 1. The van der Waals surface area contributed by atoms with Crippen molar-refractivity contribution in [3.05, 3.63) is 33.8 Å². The first-order valence-corrected chi connectivity index (χ1v) is 7.26. The molecule has 20 heavy (non-hydrogen) atoms. The van der Waals surface area contributed by atoms with E-state index in [2.05, 4.69) is 4.98 Å². The topological polar surface area (TPSA) is 65.2 Å². The summed E-state index contributed by atoms with van der Waals surface area (Å²) in [5.41, 5.74) is 7.07. The predicted octanol–water partition coefficient (Wildman–Crippen LogP) is 2.85. The molecule has 0 saturated carbocycles. The summed E-state index contributed by atoms with van der Waals surface area (Å²) >= 11 is 7.43. The molecule has 0 aliphatic carbocycles. The summed E-state index contributed by atoms with van der Waals surface area (Å²) in [4.78, 5) is 16.9. The summed E-state index contributed by atoms with van der Waals surface area (Å²) in [6.07, 6.45) is 0.329. The van der Waals surface area contributed by atoms with E-state index < -0.39 is 0 Å². The summed E-state index contributed by atoms with van der Waals surface area (Å²) in [5.74, 6) is 0.675. The van der Waals surface area contributed by atoms with Gasteiger partial charge in [0.15, 0.2) is 5.78 Å². The number of aryl methyl sites for hydroxylation is 1. The monoisotopic (exact) mass is 310 g/mol. The number of halogens is 1. The van der Waals surface area contributed by atoms with Gasteiger partial charge in [-0.15, -0.1) is 11.3 Å². The Balaban J connectivity index is 2.39. The number of ether oxygens (including phenoxy) is 1. The molecule has 2 rings (SSSR count). The Hall–Kier alpha value is -1.43. The zero-order valence-corrected chi connectivity index (χ0v) is 12.8. The van der Waals surface area contributed by atoms with E-state index in [9.17, 15) is 4.79 Å². The van der Waals surface area contributed by atoms with Gasteiger partial charge in [-0.1, -0.05) is 11.6 Å². The molecule has 0 saturated heterocycles. The number of hydrogen-bond donors (Lipinski definition) is 1. The van der Waals surface area contributed by atoms with Crippen LogP contribution in [0.25, 0.3) is 10.6 Å². The summed E-state index contributed by atoms with van der Waals surface area (Å²) in [5, 5.41) is 1.42. The molecule has 0 unspecified atom stereocenters. The number of rotatable bonds is 5. The lowest BCUT2D eigenvalue weighted by atomic mass is 10.2. The van der Waals surface area contributed by atoms with Gasteiger partial charge in [-0.3, -0.25) is 4.79 Å². The van der Waals surface area contributed by atoms with Crippen molar-refractivity contribution in [2.45, 2.75) is 13.3 Å². The predicted molar refractivity (Wildman–Crippen MR) is 81.6 cm³/mol. The maximum Gasteiger partial charge on any atom is 0.151 e. The van der Waals surface area contributed by atoms with Crippen molar-refractivity contribution >= 4 is 28.7 Å². The molecule has 0 fully saturated rings. The second kappa shape index (κ2) is 6.35. The van der Waals surface area contributed by atoms with E-state index in [1.807, 2.05) is 13.0 Å². The standard InChI is InChI=1S/C14H15ClN2O2S/c1-8-13(6-10(18)7-16)20-14(17-8)11-4-3-9(15)5-12(11)19-2/h3-5H,6-7,16H2,1-2H3. The molecule has 0 aliphatic heterocycles. The fourth-order valence-electron chi connectivity index (χ4n) is 1.80. The highest BCUT2D eigenvalue weighted by Crippen LogP contribution is 2.36. The molecular weight excluding hydrogens is 296 g/mol. The molecule has 0 atom stereocenters. The lowest BCUT2D eigenvalue weighted by molar-refractivity contribution is -0.117. The van der Waals surface area contributed by atoms with E-state index in [0.717, 1.165) is 21.1 Å². The zero-order chi connectivity index (χ0) is 14.7. The first kappa shape index (κ1) is 15.0.